The standard InChI is InChI=1S/C23H26N2.3C2H6/c1-4-24(3)20-15-17-21(18-16-20)25(5-2)23-14-10-9-13-22(23)19-11-7-6-8-12-19;3*1-2/h6-18H,4-5H2,1-3H3;3*1-2H3. The minimum Gasteiger partial charge on any atom is -0.375 e. The molecule has 31 heavy (non-hydrogen) atoms. The lowest BCUT2D eigenvalue weighted by Gasteiger charge is -2.27. The van der Waals surface area contributed by atoms with Crippen molar-refractivity contribution >= 4 is 17.1 Å². The van der Waals surface area contributed by atoms with Crippen molar-refractivity contribution in [2.24, 2.45) is 0 Å². The molecule has 0 heterocycles. The van der Waals surface area contributed by atoms with Crippen molar-refractivity contribution in [1.82, 2.24) is 0 Å². The van der Waals surface area contributed by atoms with Crippen LogP contribution in [0.1, 0.15) is 55.4 Å². The maximum Gasteiger partial charge on any atom is 0.0490 e. The largest absolute Gasteiger partial charge is 0.375 e. The van der Waals surface area contributed by atoms with Gasteiger partial charge in [-0.2, -0.15) is 0 Å². The lowest BCUT2D eigenvalue weighted by Crippen LogP contribution is -2.18. The molecule has 0 aromatic heterocycles. The molecule has 0 saturated carbocycles. The Morgan fingerprint density at radius 2 is 1.03 bits per heavy atom. The number of anilines is 3. The molecule has 0 saturated heterocycles. The zero-order valence-corrected chi connectivity index (χ0v) is 21.3. The zero-order valence-electron chi connectivity index (χ0n) is 21.3. The SMILES string of the molecule is CC.CC.CC.CCN(C)c1ccc(N(CC)c2ccccc2-c2ccccc2)cc1. The van der Waals surface area contributed by atoms with Crippen LogP contribution in [-0.2, 0) is 0 Å². The van der Waals surface area contributed by atoms with Gasteiger partial charge in [-0.25, -0.2) is 0 Å². The highest BCUT2D eigenvalue weighted by Crippen LogP contribution is 2.35. The first-order valence-corrected chi connectivity index (χ1v) is 12.0. The topological polar surface area (TPSA) is 6.48 Å². The Kier molecular flexibility index (Phi) is 15.5. The first kappa shape index (κ1) is 28.3. The van der Waals surface area contributed by atoms with Gasteiger partial charge in [-0.15, -0.1) is 0 Å². The van der Waals surface area contributed by atoms with Gasteiger partial charge in [-0.3, -0.25) is 0 Å². The molecule has 170 valence electrons. The van der Waals surface area contributed by atoms with Crippen LogP contribution in [-0.4, -0.2) is 20.1 Å². The fourth-order valence-corrected chi connectivity index (χ4v) is 3.13. The van der Waals surface area contributed by atoms with E-state index in [9.17, 15) is 0 Å². The third-order valence-electron chi connectivity index (χ3n) is 4.67. The number of hydrogen-bond donors (Lipinski definition) is 0. The van der Waals surface area contributed by atoms with E-state index in [1.54, 1.807) is 0 Å². The van der Waals surface area contributed by atoms with Crippen molar-refractivity contribution in [1.29, 1.82) is 0 Å². The summed E-state index contributed by atoms with van der Waals surface area (Å²) in [5, 5.41) is 0. The van der Waals surface area contributed by atoms with Crippen molar-refractivity contribution in [3.8, 4) is 11.1 Å². The molecule has 3 aromatic carbocycles. The second kappa shape index (κ2) is 17.0. The van der Waals surface area contributed by atoms with Crippen molar-refractivity contribution < 1.29 is 0 Å². The Labute approximate surface area is 192 Å². The molecular weight excluding hydrogens is 376 g/mol. The van der Waals surface area contributed by atoms with E-state index in [0.29, 0.717) is 0 Å². The number of nitrogens with zero attached hydrogens (tertiary/aromatic N) is 2. The minimum atomic E-state index is 0.923. The van der Waals surface area contributed by atoms with Crippen LogP contribution in [0.3, 0.4) is 0 Å². The maximum atomic E-state index is 2.37. The fraction of sp³-hybridized carbons (Fsp3) is 0.379. The molecule has 0 fully saturated rings. The minimum absolute atomic E-state index is 0.923. The highest BCUT2D eigenvalue weighted by atomic mass is 15.1. The summed E-state index contributed by atoms with van der Waals surface area (Å²) in [6.45, 7) is 18.3. The normalized spacial score (nSPS) is 9.06. The highest BCUT2D eigenvalue weighted by molar-refractivity contribution is 5.82. The van der Waals surface area contributed by atoms with Crippen LogP contribution in [0.2, 0.25) is 0 Å². The molecule has 0 amide bonds. The molecule has 3 aromatic rings. The van der Waals surface area contributed by atoms with Gasteiger partial charge in [0.25, 0.3) is 0 Å². The average Bonchev–Trinajstić information content (AvgIpc) is 2.89. The summed E-state index contributed by atoms with van der Waals surface area (Å²) in [4.78, 5) is 4.62. The molecule has 0 unspecified atom stereocenters. The predicted molar refractivity (Wildman–Crippen MR) is 144 cm³/mol. The van der Waals surface area contributed by atoms with Crippen molar-refractivity contribution in [2.45, 2.75) is 55.4 Å². The summed E-state index contributed by atoms with van der Waals surface area (Å²) in [7, 11) is 2.12. The van der Waals surface area contributed by atoms with E-state index in [-0.39, 0.29) is 0 Å². The third kappa shape index (κ3) is 8.13. The molecule has 2 nitrogen and oxygen atoms in total. The predicted octanol–water partition coefficient (Wildman–Crippen LogP) is 9.05. The van der Waals surface area contributed by atoms with Crippen LogP contribution >= 0.6 is 0 Å². The number of benzene rings is 3. The van der Waals surface area contributed by atoms with Crippen LogP contribution in [0.25, 0.3) is 11.1 Å². The smallest absolute Gasteiger partial charge is 0.0490 e. The van der Waals surface area contributed by atoms with E-state index < -0.39 is 0 Å². The highest BCUT2D eigenvalue weighted by Gasteiger charge is 2.13. The second-order valence-corrected chi connectivity index (χ2v) is 6.16. The Morgan fingerprint density at radius 1 is 0.548 bits per heavy atom. The first-order valence-electron chi connectivity index (χ1n) is 12.0. The van der Waals surface area contributed by atoms with Gasteiger partial charge < -0.3 is 9.80 Å². The zero-order chi connectivity index (χ0) is 23.6. The fourth-order valence-electron chi connectivity index (χ4n) is 3.13. The second-order valence-electron chi connectivity index (χ2n) is 6.16. The molecule has 0 radical (unpaired) electrons. The van der Waals surface area contributed by atoms with Crippen LogP contribution in [0.5, 0.6) is 0 Å². The number of para-hydroxylation sites is 1. The average molecular weight is 421 g/mol. The van der Waals surface area contributed by atoms with Crippen LogP contribution in [0, 0.1) is 0 Å². The lowest BCUT2D eigenvalue weighted by atomic mass is 10.0. The van der Waals surface area contributed by atoms with Gasteiger partial charge in [0.1, 0.15) is 0 Å². The first-order chi connectivity index (χ1) is 15.2. The van der Waals surface area contributed by atoms with Crippen molar-refractivity contribution in [3.05, 3.63) is 78.9 Å². The summed E-state index contributed by atoms with van der Waals surface area (Å²) in [5.74, 6) is 0. The summed E-state index contributed by atoms with van der Waals surface area (Å²) in [6, 6.07) is 28.1. The summed E-state index contributed by atoms with van der Waals surface area (Å²) in [6.07, 6.45) is 0. The number of hydrogen-bond acceptors (Lipinski definition) is 2. The molecule has 0 bridgehead atoms. The molecule has 0 aliphatic rings. The Morgan fingerprint density at radius 3 is 1.55 bits per heavy atom. The van der Waals surface area contributed by atoms with Crippen molar-refractivity contribution in [2.75, 3.05) is 29.9 Å². The molecule has 0 atom stereocenters. The van der Waals surface area contributed by atoms with E-state index in [1.807, 2.05) is 41.5 Å². The molecule has 3 rings (SSSR count). The van der Waals surface area contributed by atoms with Crippen LogP contribution < -0.4 is 9.80 Å². The quantitative estimate of drug-likeness (QED) is 0.392. The molecule has 2 heteroatoms. The van der Waals surface area contributed by atoms with Gasteiger partial charge >= 0.3 is 0 Å². The van der Waals surface area contributed by atoms with E-state index in [2.05, 4.69) is 110 Å². The third-order valence-corrected chi connectivity index (χ3v) is 4.67. The molecule has 0 N–H and O–H groups in total. The van der Waals surface area contributed by atoms with Gasteiger partial charge in [0.2, 0.25) is 0 Å². The summed E-state index contributed by atoms with van der Waals surface area (Å²) >= 11 is 0. The van der Waals surface area contributed by atoms with Gasteiger partial charge in [0.15, 0.2) is 0 Å². The lowest BCUT2D eigenvalue weighted by molar-refractivity contribution is 0.966. The Hall–Kier alpha value is -2.74. The van der Waals surface area contributed by atoms with Gasteiger partial charge in [-0.1, -0.05) is 90.1 Å². The van der Waals surface area contributed by atoms with Crippen LogP contribution in [0.15, 0.2) is 78.9 Å². The van der Waals surface area contributed by atoms with E-state index in [0.717, 1.165) is 13.1 Å². The molecule has 0 spiro atoms. The molecule has 0 aliphatic heterocycles. The Bertz CT molecular complexity index is 794. The van der Waals surface area contributed by atoms with Crippen LogP contribution in [0.4, 0.5) is 17.1 Å². The van der Waals surface area contributed by atoms with Crippen molar-refractivity contribution in [3.63, 3.8) is 0 Å². The number of rotatable bonds is 6. The summed E-state index contributed by atoms with van der Waals surface area (Å²) in [5.41, 5.74) is 6.23. The maximum absolute atomic E-state index is 2.37. The van der Waals surface area contributed by atoms with E-state index in [4.69, 9.17) is 0 Å². The Balaban J connectivity index is 0.00000138. The molecule has 0 aliphatic carbocycles. The molecular formula is C29H44N2. The van der Waals surface area contributed by atoms with Gasteiger partial charge in [-0.05, 0) is 49.7 Å². The van der Waals surface area contributed by atoms with E-state index >= 15 is 0 Å². The van der Waals surface area contributed by atoms with E-state index in [1.165, 1.54) is 28.2 Å². The van der Waals surface area contributed by atoms with Gasteiger partial charge in [0.05, 0.1) is 0 Å². The monoisotopic (exact) mass is 420 g/mol. The van der Waals surface area contributed by atoms with Gasteiger partial charge in [0, 0.05) is 42.8 Å². The summed E-state index contributed by atoms with van der Waals surface area (Å²) < 4.78 is 0.